The van der Waals surface area contributed by atoms with Gasteiger partial charge in [-0.15, -0.1) is 34.1 Å². The van der Waals surface area contributed by atoms with Crippen LogP contribution in [-0.4, -0.2) is 0 Å². The van der Waals surface area contributed by atoms with Gasteiger partial charge in [-0.3, -0.25) is 0 Å². The van der Waals surface area contributed by atoms with Gasteiger partial charge in [-0.25, -0.2) is 0 Å². The molecule has 0 heterocycles. The second-order valence-corrected chi connectivity index (χ2v) is 8.35. The SMILES string of the molecule is [Fe+3].c1ccc([N-]c2ccccc2)cc1.c1ccc([N-]c2ccccc2)cc1.c1ccc([N-]c2ccccc2)cc1. The molecule has 40 heavy (non-hydrogen) atoms. The number of hydrogen-bond acceptors (Lipinski definition) is 0. The molecule has 0 saturated heterocycles. The van der Waals surface area contributed by atoms with E-state index in [0.717, 1.165) is 34.1 Å². The van der Waals surface area contributed by atoms with E-state index in [1.54, 1.807) is 0 Å². The molecule has 6 rings (SSSR count). The third kappa shape index (κ3) is 11.3. The fraction of sp³-hybridized carbons (Fsp3) is 0. The van der Waals surface area contributed by atoms with Crippen molar-refractivity contribution in [3.05, 3.63) is 198 Å². The number of hydrogen-bond donors (Lipinski definition) is 0. The van der Waals surface area contributed by atoms with Crippen molar-refractivity contribution >= 4 is 34.1 Å². The normalized spacial score (nSPS) is 9.30. The Balaban J connectivity index is 0.000000163. The average Bonchev–Trinajstić information content (AvgIpc) is 3.01. The molecule has 0 N–H and O–H groups in total. The maximum Gasteiger partial charge on any atom is 3.00 e. The first-order valence-corrected chi connectivity index (χ1v) is 12.8. The number of para-hydroxylation sites is 6. The van der Waals surface area contributed by atoms with Crippen LogP contribution < -0.4 is 0 Å². The molecule has 4 heteroatoms. The smallest absolute Gasteiger partial charge is 0.658 e. The molecule has 197 valence electrons. The minimum Gasteiger partial charge on any atom is -0.658 e. The summed E-state index contributed by atoms with van der Waals surface area (Å²) in [5.74, 6) is 0. The van der Waals surface area contributed by atoms with Crippen molar-refractivity contribution in [2.45, 2.75) is 0 Å². The summed E-state index contributed by atoms with van der Waals surface area (Å²) < 4.78 is 0. The van der Waals surface area contributed by atoms with Gasteiger partial charge in [0.1, 0.15) is 0 Å². The second-order valence-electron chi connectivity index (χ2n) is 8.35. The monoisotopic (exact) mass is 560 g/mol. The van der Waals surface area contributed by atoms with Crippen molar-refractivity contribution < 1.29 is 17.1 Å². The number of rotatable bonds is 6. The van der Waals surface area contributed by atoms with Crippen molar-refractivity contribution in [1.29, 1.82) is 0 Å². The van der Waals surface area contributed by atoms with E-state index in [0.29, 0.717) is 0 Å². The first kappa shape index (κ1) is 29.8. The zero-order chi connectivity index (χ0) is 26.8. The molecule has 0 amide bonds. The van der Waals surface area contributed by atoms with Crippen molar-refractivity contribution in [3.63, 3.8) is 0 Å². The summed E-state index contributed by atoms with van der Waals surface area (Å²) >= 11 is 0. The van der Waals surface area contributed by atoms with Crippen molar-refractivity contribution in [3.8, 4) is 0 Å². The Morgan fingerprint density at radius 2 is 0.325 bits per heavy atom. The van der Waals surface area contributed by atoms with Crippen LogP contribution in [0.15, 0.2) is 182 Å². The Labute approximate surface area is 248 Å². The Kier molecular flexibility index (Phi) is 13.2. The van der Waals surface area contributed by atoms with Crippen LogP contribution in [0.1, 0.15) is 0 Å². The Hall–Kier alpha value is -4.76. The van der Waals surface area contributed by atoms with E-state index in [-0.39, 0.29) is 17.1 Å². The Bertz CT molecular complexity index is 1140. The van der Waals surface area contributed by atoms with Gasteiger partial charge in [-0.2, -0.15) is 0 Å². The van der Waals surface area contributed by atoms with Crippen LogP contribution in [0, 0.1) is 0 Å². The van der Waals surface area contributed by atoms with Crippen LogP contribution in [0.4, 0.5) is 34.1 Å². The largest absolute Gasteiger partial charge is 3.00 e. The van der Waals surface area contributed by atoms with Crippen molar-refractivity contribution in [1.82, 2.24) is 0 Å². The fourth-order valence-corrected chi connectivity index (χ4v) is 3.46. The van der Waals surface area contributed by atoms with Gasteiger partial charge in [0.15, 0.2) is 0 Å². The molecule has 0 aliphatic rings. The van der Waals surface area contributed by atoms with E-state index in [9.17, 15) is 0 Å². The van der Waals surface area contributed by atoms with E-state index < -0.39 is 0 Å². The molecule has 0 aliphatic heterocycles. The first-order chi connectivity index (χ1) is 19.3. The molecule has 0 fully saturated rings. The summed E-state index contributed by atoms with van der Waals surface area (Å²) in [6.45, 7) is 0. The molecule has 6 aromatic rings. The van der Waals surface area contributed by atoms with Crippen LogP contribution in [0.2, 0.25) is 0 Å². The van der Waals surface area contributed by atoms with Gasteiger partial charge in [0.25, 0.3) is 0 Å². The molecule has 0 spiro atoms. The zero-order valence-corrected chi connectivity index (χ0v) is 23.1. The van der Waals surface area contributed by atoms with Crippen molar-refractivity contribution in [2.24, 2.45) is 0 Å². The minimum atomic E-state index is 0. The molecule has 0 saturated carbocycles. The van der Waals surface area contributed by atoms with E-state index in [1.165, 1.54) is 0 Å². The third-order valence-electron chi connectivity index (χ3n) is 5.31. The van der Waals surface area contributed by atoms with Gasteiger partial charge in [-0.05, 0) is 0 Å². The average molecular weight is 561 g/mol. The van der Waals surface area contributed by atoms with Gasteiger partial charge in [0.05, 0.1) is 0 Å². The van der Waals surface area contributed by atoms with Gasteiger partial charge in [0, 0.05) is 0 Å². The van der Waals surface area contributed by atoms with Crippen molar-refractivity contribution in [2.75, 3.05) is 0 Å². The molecule has 0 bridgehead atoms. The number of nitrogens with zero attached hydrogens (tertiary/aromatic N) is 3. The summed E-state index contributed by atoms with van der Waals surface area (Å²) in [4.78, 5) is 0. The van der Waals surface area contributed by atoms with Crippen LogP contribution in [0.5, 0.6) is 0 Å². The predicted molar refractivity (Wildman–Crippen MR) is 167 cm³/mol. The number of benzene rings is 6. The van der Waals surface area contributed by atoms with Gasteiger partial charge in [-0.1, -0.05) is 182 Å². The van der Waals surface area contributed by atoms with Crippen LogP contribution >= 0.6 is 0 Å². The summed E-state index contributed by atoms with van der Waals surface area (Å²) in [6, 6.07) is 59.7. The summed E-state index contributed by atoms with van der Waals surface area (Å²) in [5, 5.41) is 13.3. The molecule has 0 aromatic heterocycles. The van der Waals surface area contributed by atoms with Crippen LogP contribution in [0.3, 0.4) is 0 Å². The molecule has 0 aliphatic carbocycles. The van der Waals surface area contributed by atoms with Crippen LogP contribution in [-0.2, 0) is 17.1 Å². The topological polar surface area (TPSA) is 42.3 Å². The maximum absolute atomic E-state index is 4.44. The maximum atomic E-state index is 4.44. The van der Waals surface area contributed by atoms with E-state index in [1.807, 2.05) is 182 Å². The summed E-state index contributed by atoms with van der Waals surface area (Å²) in [7, 11) is 0. The molecule has 1 radical (unpaired) electrons. The second kappa shape index (κ2) is 17.7. The molecule has 6 aromatic carbocycles. The zero-order valence-electron chi connectivity index (χ0n) is 22.0. The van der Waals surface area contributed by atoms with Gasteiger partial charge >= 0.3 is 17.1 Å². The predicted octanol–water partition coefficient (Wildman–Crippen LogP) is 12.1. The molecule has 3 nitrogen and oxygen atoms in total. The quantitative estimate of drug-likeness (QED) is 0.182. The Morgan fingerprint density at radius 1 is 0.200 bits per heavy atom. The first-order valence-electron chi connectivity index (χ1n) is 12.8. The molecular weight excluding hydrogens is 530 g/mol. The fourth-order valence-electron chi connectivity index (χ4n) is 3.46. The van der Waals surface area contributed by atoms with Crippen LogP contribution in [0.25, 0.3) is 16.0 Å². The summed E-state index contributed by atoms with van der Waals surface area (Å²) in [6.07, 6.45) is 0. The summed E-state index contributed by atoms with van der Waals surface area (Å²) in [5.41, 5.74) is 5.97. The van der Waals surface area contributed by atoms with E-state index in [4.69, 9.17) is 0 Å². The standard InChI is InChI=1S/3C12H10N.Fe/c3*1-3-7-11(8-4-1)13-12-9-5-2-6-10-12;/h3*1-10H;/q3*-1;+3. The van der Waals surface area contributed by atoms with Gasteiger partial charge in [0.2, 0.25) is 0 Å². The van der Waals surface area contributed by atoms with E-state index >= 15 is 0 Å². The Morgan fingerprint density at radius 3 is 0.450 bits per heavy atom. The molecule has 0 unspecified atom stereocenters. The van der Waals surface area contributed by atoms with E-state index in [2.05, 4.69) is 16.0 Å². The molecule has 0 atom stereocenters. The minimum absolute atomic E-state index is 0. The molecular formula is C36H30FeN3. The third-order valence-corrected chi connectivity index (χ3v) is 5.31. The van der Waals surface area contributed by atoms with Gasteiger partial charge < -0.3 is 16.0 Å².